The van der Waals surface area contributed by atoms with Crippen molar-refractivity contribution in [1.82, 2.24) is 10.2 Å². The second-order valence-electron chi connectivity index (χ2n) is 10.2. The van der Waals surface area contributed by atoms with Gasteiger partial charge >= 0.3 is 5.97 Å². The maximum Gasteiger partial charge on any atom is 0.305 e. The van der Waals surface area contributed by atoms with Crippen molar-refractivity contribution >= 4 is 11.9 Å². The van der Waals surface area contributed by atoms with Gasteiger partial charge in [0.15, 0.2) is 5.96 Å². The van der Waals surface area contributed by atoms with E-state index in [1.807, 2.05) is 0 Å². The van der Waals surface area contributed by atoms with Crippen molar-refractivity contribution in [3.8, 4) is 0 Å². The van der Waals surface area contributed by atoms with Crippen LogP contribution in [0.2, 0.25) is 0 Å². The van der Waals surface area contributed by atoms with Gasteiger partial charge in [0.1, 0.15) is 0 Å². The zero-order valence-electron chi connectivity index (χ0n) is 20.2. The molecule has 0 radical (unpaired) electrons. The number of hydrogen-bond acceptors (Lipinski definition) is 5. The Kier molecular flexibility index (Phi) is 10.5. The molecular weight excluding hydrogens is 386 g/mol. The molecule has 2 saturated heterocycles. The van der Waals surface area contributed by atoms with E-state index < -0.39 is 0 Å². The molecule has 5 heteroatoms. The predicted molar refractivity (Wildman–Crippen MR) is 128 cm³/mol. The second kappa shape index (κ2) is 13.3. The molecule has 178 valence electrons. The van der Waals surface area contributed by atoms with Crippen LogP contribution in [-0.2, 0) is 9.53 Å². The van der Waals surface area contributed by atoms with Crippen molar-refractivity contribution in [2.45, 2.75) is 147 Å². The number of guanidine groups is 1. The van der Waals surface area contributed by atoms with Crippen LogP contribution in [-0.4, -0.2) is 47.6 Å². The molecule has 0 bridgehead atoms. The summed E-state index contributed by atoms with van der Waals surface area (Å²) in [5, 5.41) is 3.62. The van der Waals surface area contributed by atoms with Crippen molar-refractivity contribution in [3.63, 3.8) is 0 Å². The minimum absolute atomic E-state index is 0.00566. The summed E-state index contributed by atoms with van der Waals surface area (Å²) < 4.78 is 5.46. The summed E-state index contributed by atoms with van der Waals surface area (Å²) in [6, 6.07) is 2.39. The zero-order chi connectivity index (χ0) is 21.9. The molecule has 0 saturated carbocycles. The largest absolute Gasteiger partial charge is 0.466 e. The normalized spacial score (nSPS) is 26.9. The second-order valence-corrected chi connectivity index (χ2v) is 10.2. The summed E-state index contributed by atoms with van der Waals surface area (Å²) in [5.74, 6) is 1.16. The Bertz CT molecular complexity index is 565. The summed E-state index contributed by atoms with van der Waals surface area (Å²) in [6.07, 6.45) is 20.4. The third-order valence-electron chi connectivity index (χ3n) is 7.39. The van der Waals surface area contributed by atoms with Gasteiger partial charge in [0.05, 0.1) is 12.6 Å². The van der Waals surface area contributed by atoms with Crippen molar-refractivity contribution in [3.05, 3.63) is 0 Å². The lowest BCUT2D eigenvalue weighted by Gasteiger charge is -2.44. The van der Waals surface area contributed by atoms with Gasteiger partial charge < -0.3 is 15.0 Å². The molecule has 0 aromatic heterocycles. The third-order valence-corrected chi connectivity index (χ3v) is 7.39. The standard InChI is InChI=1S/C26H47N3O2/c1-3-4-5-6-7-8-9-10-11-15-25(30)31-18-13-12-14-22-20-24-17-16-23-19-21(2)27-26(28-22)29(23)24/h21-24H,3-20H2,1-2H3,(H,27,28)/t21-,22+,23+,24-/m1/s1. The number of rotatable bonds is 15. The first-order valence-corrected chi connectivity index (χ1v) is 13.5. The van der Waals surface area contributed by atoms with Crippen LogP contribution in [0, 0.1) is 0 Å². The molecule has 3 aliphatic heterocycles. The first kappa shape index (κ1) is 24.4. The average Bonchev–Trinajstić information content (AvgIpc) is 3.15. The maximum atomic E-state index is 11.9. The van der Waals surface area contributed by atoms with Gasteiger partial charge in [-0.2, -0.15) is 0 Å². The van der Waals surface area contributed by atoms with E-state index in [1.165, 1.54) is 70.6 Å². The van der Waals surface area contributed by atoms with E-state index in [4.69, 9.17) is 9.73 Å². The first-order chi connectivity index (χ1) is 15.2. The van der Waals surface area contributed by atoms with Crippen LogP contribution < -0.4 is 5.32 Å². The quantitative estimate of drug-likeness (QED) is 0.255. The van der Waals surface area contributed by atoms with Gasteiger partial charge in [0.2, 0.25) is 0 Å². The first-order valence-electron chi connectivity index (χ1n) is 13.5. The van der Waals surface area contributed by atoms with Gasteiger partial charge in [-0.05, 0) is 58.3 Å². The van der Waals surface area contributed by atoms with E-state index in [-0.39, 0.29) is 5.97 Å². The van der Waals surface area contributed by atoms with E-state index >= 15 is 0 Å². The molecule has 0 spiro atoms. The van der Waals surface area contributed by atoms with Crippen molar-refractivity contribution < 1.29 is 9.53 Å². The van der Waals surface area contributed by atoms with Gasteiger partial charge in [-0.25, -0.2) is 4.99 Å². The smallest absolute Gasteiger partial charge is 0.305 e. The van der Waals surface area contributed by atoms with Crippen LogP contribution in [0.4, 0.5) is 0 Å². The number of nitrogens with zero attached hydrogens (tertiary/aromatic N) is 2. The number of hydrogen-bond donors (Lipinski definition) is 1. The Morgan fingerprint density at radius 3 is 2.39 bits per heavy atom. The average molecular weight is 434 g/mol. The topological polar surface area (TPSA) is 53.9 Å². The Labute approximate surface area is 190 Å². The highest BCUT2D eigenvalue weighted by Crippen LogP contribution is 2.36. The number of carbonyl (C=O) groups excluding carboxylic acids is 1. The Morgan fingerprint density at radius 1 is 0.968 bits per heavy atom. The van der Waals surface area contributed by atoms with E-state index in [2.05, 4.69) is 24.1 Å². The Balaban J connectivity index is 1.18. The van der Waals surface area contributed by atoms with Crippen LogP contribution in [0.15, 0.2) is 4.99 Å². The summed E-state index contributed by atoms with van der Waals surface area (Å²) >= 11 is 0. The zero-order valence-corrected chi connectivity index (χ0v) is 20.2. The number of esters is 1. The minimum atomic E-state index is -0.00566. The Morgan fingerprint density at radius 2 is 1.65 bits per heavy atom. The Hall–Kier alpha value is -1.26. The SMILES string of the molecule is CCCCCCCCCCCC(=O)OCCCC[C@H]1C[C@H]2CC[C@H]3C[C@@H](C)NC(=N1)N23. The maximum absolute atomic E-state index is 11.9. The summed E-state index contributed by atoms with van der Waals surface area (Å²) in [4.78, 5) is 19.5. The van der Waals surface area contributed by atoms with Crippen LogP contribution in [0.25, 0.3) is 0 Å². The van der Waals surface area contributed by atoms with E-state index in [0.717, 1.165) is 38.1 Å². The van der Waals surface area contributed by atoms with Crippen LogP contribution in [0.5, 0.6) is 0 Å². The number of aliphatic imine (C=N–C) groups is 1. The molecule has 0 aromatic carbocycles. The fraction of sp³-hybridized carbons (Fsp3) is 0.923. The van der Waals surface area contributed by atoms with Gasteiger partial charge in [-0.1, -0.05) is 58.3 Å². The fourth-order valence-electron chi connectivity index (χ4n) is 5.68. The number of unbranched alkanes of at least 4 members (excludes halogenated alkanes) is 9. The summed E-state index contributed by atoms with van der Waals surface area (Å²) in [7, 11) is 0. The molecule has 5 nitrogen and oxygen atoms in total. The molecule has 3 heterocycles. The predicted octanol–water partition coefficient (Wildman–Crippen LogP) is 5.96. The van der Waals surface area contributed by atoms with Gasteiger partial charge in [-0.3, -0.25) is 4.79 Å². The van der Waals surface area contributed by atoms with Crippen molar-refractivity contribution in [2.75, 3.05) is 6.61 Å². The highest BCUT2D eigenvalue weighted by atomic mass is 16.5. The lowest BCUT2D eigenvalue weighted by molar-refractivity contribution is -0.143. The number of nitrogens with one attached hydrogen (secondary N) is 1. The summed E-state index contributed by atoms with van der Waals surface area (Å²) in [5.41, 5.74) is 0. The lowest BCUT2D eigenvalue weighted by Crippen LogP contribution is -2.59. The summed E-state index contributed by atoms with van der Waals surface area (Å²) in [6.45, 7) is 5.11. The van der Waals surface area contributed by atoms with E-state index in [0.29, 0.717) is 37.2 Å². The number of carbonyl (C=O) groups is 1. The van der Waals surface area contributed by atoms with E-state index in [9.17, 15) is 4.79 Å². The highest BCUT2D eigenvalue weighted by Gasteiger charge is 2.43. The van der Waals surface area contributed by atoms with E-state index in [1.54, 1.807) is 0 Å². The monoisotopic (exact) mass is 433 g/mol. The van der Waals surface area contributed by atoms with Crippen molar-refractivity contribution in [2.24, 2.45) is 4.99 Å². The number of ether oxygens (including phenoxy) is 1. The van der Waals surface area contributed by atoms with Crippen LogP contribution in [0.3, 0.4) is 0 Å². The van der Waals surface area contributed by atoms with Crippen molar-refractivity contribution in [1.29, 1.82) is 0 Å². The molecule has 1 N–H and O–H groups in total. The van der Waals surface area contributed by atoms with Crippen LogP contribution >= 0.6 is 0 Å². The molecule has 2 fully saturated rings. The highest BCUT2D eigenvalue weighted by molar-refractivity contribution is 5.83. The lowest BCUT2D eigenvalue weighted by atomic mass is 9.98. The molecule has 0 aromatic rings. The third kappa shape index (κ3) is 7.98. The molecule has 0 aliphatic carbocycles. The minimum Gasteiger partial charge on any atom is -0.466 e. The van der Waals surface area contributed by atoms with Crippen LogP contribution in [0.1, 0.15) is 123 Å². The van der Waals surface area contributed by atoms with Gasteiger partial charge in [-0.15, -0.1) is 0 Å². The van der Waals surface area contributed by atoms with Gasteiger partial charge in [0.25, 0.3) is 0 Å². The molecule has 4 atom stereocenters. The molecule has 3 rings (SSSR count). The fourth-order valence-corrected chi connectivity index (χ4v) is 5.68. The molecule has 31 heavy (non-hydrogen) atoms. The molecule has 0 unspecified atom stereocenters. The molecule has 0 amide bonds. The van der Waals surface area contributed by atoms with Gasteiger partial charge in [0, 0.05) is 24.5 Å². The molecular formula is C26H47N3O2. The molecule has 3 aliphatic rings.